The van der Waals surface area contributed by atoms with Gasteiger partial charge in [0.1, 0.15) is 0 Å². The Hall–Kier alpha value is -1.27. The zero-order chi connectivity index (χ0) is 15.3. The molecule has 1 atom stereocenters. The summed E-state index contributed by atoms with van der Waals surface area (Å²) in [5, 5.41) is 2.09. The Labute approximate surface area is 120 Å². The summed E-state index contributed by atoms with van der Waals surface area (Å²) in [5.41, 5.74) is 4.10. The van der Waals surface area contributed by atoms with Crippen molar-refractivity contribution in [2.75, 3.05) is 11.9 Å². The third-order valence-corrected chi connectivity index (χ3v) is 3.28. The number of anilines is 1. The number of hydrogen-bond donors (Lipinski definition) is 2. The summed E-state index contributed by atoms with van der Waals surface area (Å²) in [4.78, 5) is 11.8. The molecule has 0 heterocycles. The SMILES string of the molecule is CCC(CN)CC(=O)Nc1c(Cl)cccc1C(F)(F)F. The number of nitrogens with two attached hydrogens (primary N) is 1. The van der Waals surface area contributed by atoms with E-state index in [1.54, 1.807) is 0 Å². The number of alkyl halides is 3. The molecule has 1 aromatic carbocycles. The molecule has 0 bridgehead atoms. The fourth-order valence-corrected chi connectivity index (χ4v) is 1.96. The maximum absolute atomic E-state index is 12.8. The van der Waals surface area contributed by atoms with Crippen LogP contribution in [0, 0.1) is 5.92 Å². The van der Waals surface area contributed by atoms with Gasteiger partial charge >= 0.3 is 6.18 Å². The minimum Gasteiger partial charge on any atom is -0.330 e. The Morgan fingerprint density at radius 3 is 2.60 bits per heavy atom. The molecule has 1 rings (SSSR count). The summed E-state index contributed by atoms with van der Waals surface area (Å²) in [6.07, 6.45) is -3.83. The van der Waals surface area contributed by atoms with Gasteiger partial charge in [0.2, 0.25) is 5.91 Å². The molecule has 0 aromatic heterocycles. The van der Waals surface area contributed by atoms with Gasteiger partial charge in [-0.2, -0.15) is 13.2 Å². The van der Waals surface area contributed by atoms with Crippen molar-refractivity contribution in [1.29, 1.82) is 0 Å². The second-order valence-corrected chi connectivity index (χ2v) is 4.83. The van der Waals surface area contributed by atoms with Crippen LogP contribution in [0.4, 0.5) is 18.9 Å². The number of rotatable bonds is 5. The number of benzene rings is 1. The van der Waals surface area contributed by atoms with E-state index in [1.807, 2.05) is 6.92 Å². The van der Waals surface area contributed by atoms with Crippen molar-refractivity contribution in [2.24, 2.45) is 11.7 Å². The molecule has 7 heteroatoms. The second-order valence-electron chi connectivity index (χ2n) is 4.42. The lowest BCUT2D eigenvalue weighted by Crippen LogP contribution is -2.23. The van der Waals surface area contributed by atoms with E-state index in [9.17, 15) is 18.0 Å². The van der Waals surface area contributed by atoms with E-state index in [4.69, 9.17) is 17.3 Å². The van der Waals surface area contributed by atoms with Gasteiger partial charge in [0.05, 0.1) is 16.3 Å². The Kier molecular flexibility index (Phi) is 5.83. The summed E-state index contributed by atoms with van der Waals surface area (Å²) in [6, 6.07) is 3.36. The van der Waals surface area contributed by atoms with Gasteiger partial charge in [0, 0.05) is 6.42 Å². The number of para-hydroxylation sites is 1. The van der Waals surface area contributed by atoms with Crippen molar-refractivity contribution in [3.05, 3.63) is 28.8 Å². The smallest absolute Gasteiger partial charge is 0.330 e. The lowest BCUT2D eigenvalue weighted by Gasteiger charge is -2.17. The van der Waals surface area contributed by atoms with Gasteiger partial charge < -0.3 is 11.1 Å². The molecule has 112 valence electrons. The van der Waals surface area contributed by atoms with Crippen molar-refractivity contribution in [3.8, 4) is 0 Å². The maximum Gasteiger partial charge on any atom is 0.418 e. The molecule has 3 N–H and O–H groups in total. The summed E-state index contributed by atoms with van der Waals surface area (Å²) in [5.74, 6) is -0.590. The minimum atomic E-state index is -4.58. The first-order valence-electron chi connectivity index (χ1n) is 6.15. The van der Waals surface area contributed by atoms with Crippen LogP contribution in [-0.2, 0) is 11.0 Å². The first kappa shape index (κ1) is 16.8. The van der Waals surface area contributed by atoms with Crippen LogP contribution in [0.15, 0.2) is 18.2 Å². The minimum absolute atomic E-state index is 0.0631. The zero-order valence-corrected chi connectivity index (χ0v) is 11.7. The van der Waals surface area contributed by atoms with E-state index >= 15 is 0 Å². The molecule has 1 aromatic rings. The first-order valence-corrected chi connectivity index (χ1v) is 6.53. The van der Waals surface area contributed by atoms with E-state index in [1.165, 1.54) is 12.1 Å². The number of nitrogens with one attached hydrogen (secondary N) is 1. The van der Waals surface area contributed by atoms with Crippen LogP contribution >= 0.6 is 11.6 Å². The predicted molar refractivity (Wildman–Crippen MR) is 72.5 cm³/mol. The highest BCUT2D eigenvalue weighted by molar-refractivity contribution is 6.34. The molecule has 3 nitrogen and oxygen atoms in total. The monoisotopic (exact) mass is 308 g/mol. The number of halogens is 4. The molecule has 0 aliphatic heterocycles. The lowest BCUT2D eigenvalue weighted by atomic mass is 10.0. The Bertz CT molecular complexity index is 473. The highest BCUT2D eigenvalue weighted by Gasteiger charge is 2.34. The Morgan fingerprint density at radius 1 is 1.45 bits per heavy atom. The number of hydrogen-bond acceptors (Lipinski definition) is 2. The number of carbonyl (C=O) groups excluding carboxylic acids is 1. The topological polar surface area (TPSA) is 55.1 Å². The molecular weight excluding hydrogens is 293 g/mol. The van der Waals surface area contributed by atoms with Crippen LogP contribution in [0.1, 0.15) is 25.3 Å². The molecule has 0 fully saturated rings. The van der Waals surface area contributed by atoms with Crippen molar-refractivity contribution >= 4 is 23.2 Å². The Balaban J connectivity index is 2.95. The molecule has 0 aliphatic carbocycles. The molecule has 0 spiro atoms. The predicted octanol–water partition coefficient (Wildman–Crippen LogP) is 3.67. The molecule has 1 amide bonds. The molecule has 0 saturated carbocycles. The molecule has 0 saturated heterocycles. The zero-order valence-electron chi connectivity index (χ0n) is 10.9. The fourth-order valence-electron chi connectivity index (χ4n) is 1.73. The summed E-state index contributed by atoms with van der Waals surface area (Å²) >= 11 is 5.74. The number of amides is 1. The summed E-state index contributed by atoms with van der Waals surface area (Å²) in [7, 11) is 0. The second kappa shape index (κ2) is 6.95. The third kappa shape index (κ3) is 4.38. The maximum atomic E-state index is 12.8. The summed E-state index contributed by atoms with van der Waals surface area (Å²) in [6.45, 7) is 2.17. The fraction of sp³-hybridized carbons (Fsp3) is 0.462. The van der Waals surface area contributed by atoms with Crippen LogP contribution in [0.3, 0.4) is 0 Å². The third-order valence-electron chi connectivity index (χ3n) is 2.97. The average molecular weight is 309 g/mol. The molecule has 0 radical (unpaired) electrons. The highest BCUT2D eigenvalue weighted by Crippen LogP contribution is 2.38. The van der Waals surface area contributed by atoms with E-state index in [0.717, 1.165) is 6.07 Å². The van der Waals surface area contributed by atoms with Crippen molar-refractivity contribution in [3.63, 3.8) is 0 Å². The van der Waals surface area contributed by atoms with Gasteiger partial charge in [-0.05, 0) is 24.6 Å². The first-order chi connectivity index (χ1) is 9.29. The van der Waals surface area contributed by atoms with Crippen LogP contribution in [0.5, 0.6) is 0 Å². The average Bonchev–Trinajstić information content (AvgIpc) is 2.37. The van der Waals surface area contributed by atoms with E-state index in [-0.39, 0.29) is 17.4 Å². The summed E-state index contributed by atoms with van der Waals surface area (Å²) < 4.78 is 38.5. The molecule has 1 unspecified atom stereocenters. The highest BCUT2D eigenvalue weighted by atomic mass is 35.5. The van der Waals surface area contributed by atoms with E-state index in [2.05, 4.69) is 5.32 Å². The van der Waals surface area contributed by atoms with Crippen LogP contribution in [0.25, 0.3) is 0 Å². The Morgan fingerprint density at radius 2 is 2.10 bits per heavy atom. The van der Waals surface area contributed by atoms with Gasteiger partial charge in [-0.25, -0.2) is 0 Å². The van der Waals surface area contributed by atoms with Gasteiger partial charge in [-0.15, -0.1) is 0 Å². The normalized spacial score (nSPS) is 13.1. The van der Waals surface area contributed by atoms with Gasteiger partial charge in [0.15, 0.2) is 0 Å². The van der Waals surface area contributed by atoms with E-state index in [0.29, 0.717) is 13.0 Å². The standard InChI is InChI=1S/C13H16ClF3N2O/c1-2-8(7-18)6-11(20)19-12-9(13(15,16)17)4-3-5-10(12)14/h3-5,8H,2,6-7,18H2,1H3,(H,19,20). The van der Waals surface area contributed by atoms with Crippen LogP contribution in [0.2, 0.25) is 5.02 Å². The molecular formula is C13H16ClF3N2O. The van der Waals surface area contributed by atoms with Crippen molar-refractivity contribution < 1.29 is 18.0 Å². The van der Waals surface area contributed by atoms with E-state index < -0.39 is 23.3 Å². The largest absolute Gasteiger partial charge is 0.418 e. The quantitative estimate of drug-likeness (QED) is 0.872. The number of carbonyl (C=O) groups is 1. The van der Waals surface area contributed by atoms with Crippen molar-refractivity contribution in [2.45, 2.75) is 25.9 Å². The molecule has 0 aliphatic rings. The molecule has 20 heavy (non-hydrogen) atoms. The van der Waals surface area contributed by atoms with Crippen LogP contribution < -0.4 is 11.1 Å². The van der Waals surface area contributed by atoms with Crippen molar-refractivity contribution in [1.82, 2.24) is 0 Å². The van der Waals surface area contributed by atoms with Gasteiger partial charge in [-0.3, -0.25) is 4.79 Å². The van der Waals surface area contributed by atoms with Gasteiger partial charge in [-0.1, -0.05) is 31.0 Å². The van der Waals surface area contributed by atoms with Crippen LogP contribution in [-0.4, -0.2) is 12.5 Å². The van der Waals surface area contributed by atoms with Gasteiger partial charge in [0.25, 0.3) is 0 Å². The lowest BCUT2D eigenvalue weighted by molar-refractivity contribution is -0.137.